The number of thiazole rings is 1. The van der Waals surface area contributed by atoms with Crippen molar-refractivity contribution >= 4 is 43.5 Å². The van der Waals surface area contributed by atoms with Crippen molar-refractivity contribution in [2.24, 2.45) is 4.99 Å². The van der Waals surface area contributed by atoms with Gasteiger partial charge in [0.2, 0.25) is 10.0 Å². The molecule has 1 aromatic heterocycles. The zero-order chi connectivity index (χ0) is 24.2. The van der Waals surface area contributed by atoms with Crippen molar-refractivity contribution in [1.29, 1.82) is 0 Å². The van der Waals surface area contributed by atoms with E-state index < -0.39 is 21.9 Å². The van der Waals surface area contributed by atoms with Gasteiger partial charge in [-0.05, 0) is 49.4 Å². The molecule has 11 heteroatoms. The Morgan fingerprint density at radius 2 is 1.76 bits per heavy atom. The van der Waals surface area contributed by atoms with Crippen molar-refractivity contribution in [2.75, 3.05) is 34.4 Å². The van der Waals surface area contributed by atoms with Gasteiger partial charge in [0.05, 0.1) is 34.4 Å². The Morgan fingerprint density at radius 1 is 1.09 bits per heavy atom. The summed E-state index contributed by atoms with van der Waals surface area (Å²) in [4.78, 5) is 29.6. The number of benzene rings is 2. The Balaban J connectivity index is 2.03. The molecule has 0 aliphatic carbocycles. The number of amides is 1. The van der Waals surface area contributed by atoms with Gasteiger partial charge in [-0.3, -0.25) is 4.79 Å². The first-order valence-electron chi connectivity index (χ1n) is 10.1. The van der Waals surface area contributed by atoms with Crippen LogP contribution in [0.3, 0.4) is 0 Å². The summed E-state index contributed by atoms with van der Waals surface area (Å²) in [6.45, 7) is 3.35. The van der Waals surface area contributed by atoms with Crippen molar-refractivity contribution < 1.29 is 27.5 Å². The summed E-state index contributed by atoms with van der Waals surface area (Å²) in [6.07, 6.45) is 0. The third-order valence-electron chi connectivity index (χ3n) is 4.84. The van der Waals surface area contributed by atoms with Gasteiger partial charge in [0.1, 0.15) is 0 Å². The van der Waals surface area contributed by atoms with Gasteiger partial charge in [-0.25, -0.2) is 17.5 Å². The Morgan fingerprint density at radius 3 is 2.36 bits per heavy atom. The SMILES string of the molecule is CCOCCn1c(=NC(=O)c2ccc(S(=O)(=O)N(C)C)cc2)sc2cc(C(=O)OC)ccc21. The van der Waals surface area contributed by atoms with Crippen LogP contribution >= 0.6 is 11.3 Å². The second-order valence-electron chi connectivity index (χ2n) is 7.14. The first-order valence-corrected chi connectivity index (χ1v) is 12.4. The third kappa shape index (κ3) is 5.38. The van der Waals surface area contributed by atoms with Crippen LogP contribution in [0, 0.1) is 0 Å². The molecule has 0 N–H and O–H groups in total. The minimum atomic E-state index is -3.59. The second-order valence-corrected chi connectivity index (χ2v) is 10.3. The maximum Gasteiger partial charge on any atom is 0.337 e. The van der Waals surface area contributed by atoms with Crippen molar-refractivity contribution in [1.82, 2.24) is 8.87 Å². The number of sulfonamides is 1. The summed E-state index contributed by atoms with van der Waals surface area (Å²) >= 11 is 1.27. The fourth-order valence-electron chi connectivity index (χ4n) is 3.05. The molecule has 0 aliphatic heterocycles. The minimum Gasteiger partial charge on any atom is -0.465 e. The van der Waals surface area contributed by atoms with E-state index >= 15 is 0 Å². The summed E-state index contributed by atoms with van der Waals surface area (Å²) in [7, 11) is 0.611. The molecule has 3 rings (SSSR count). The molecule has 2 aromatic carbocycles. The number of rotatable bonds is 8. The summed E-state index contributed by atoms with van der Waals surface area (Å²) < 4.78 is 38.5. The lowest BCUT2D eigenvalue weighted by molar-refractivity contribution is 0.0600. The standard InChI is InChI=1S/C22H25N3O6S2/c1-5-31-13-12-25-18-11-8-16(21(27)30-4)14-19(18)32-22(25)23-20(26)15-6-9-17(10-7-15)33(28,29)24(2)3/h6-11,14H,5,12-13H2,1-4H3. The largest absolute Gasteiger partial charge is 0.465 e. The fourth-order valence-corrected chi connectivity index (χ4v) is 5.05. The molecule has 0 atom stereocenters. The molecule has 0 aliphatic rings. The van der Waals surface area contributed by atoms with Crippen LogP contribution in [0.2, 0.25) is 0 Å². The minimum absolute atomic E-state index is 0.0908. The van der Waals surface area contributed by atoms with Gasteiger partial charge in [-0.15, -0.1) is 0 Å². The van der Waals surface area contributed by atoms with Crippen molar-refractivity contribution in [3.8, 4) is 0 Å². The number of ether oxygens (including phenoxy) is 2. The van der Waals surface area contributed by atoms with Crippen LogP contribution in [0.25, 0.3) is 10.2 Å². The number of methoxy groups -OCH3 is 1. The second kappa shape index (κ2) is 10.4. The molecule has 1 heterocycles. The number of carbonyl (C=O) groups excluding carboxylic acids is 2. The number of carbonyl (C=O) groups is 2. The summed E-state index contributed by atoms with van der Waals surface area (Å²) in [5.41, 5.74) is 1.47. The lowest BCUT2D eigenvalue weighted by Crippen LogP contribution is -2.22. The van der Waals surface area contributed by atoms with Crippen LogP contribution in [0.4, 0.5) is 0 Å². The Hall–Kier alpha value is -2.86. The highest BCUT2D eigenvalue weighted by Crippen LogP contribution is 2.20. The third-order valence-corrected chi connectivity index (χ3v) is 7.71. The summed E-state index contributed by atoms with van der Waals surface area (Å²) in [5, 5.41) is 0. The number of esters is 1. The number of hydrogen-bond donors (Lipinski definition) is 0. The average Bonchev–Trinajstić information content (AvgIpc) is 3.14. The average molecular weight is 492 g/mol. The molecular formula is C22H25N3O6S2. The van der Waals surface area contributed by atoms with E-state index in [0.717, 1.165) is 14.5 Å². The van der Waals surface area contributed by atoms with E-state index in [4.69, 9.17) is 9.47 Å². The highest BCUT2D eigenvalue weighted by Gasteiger charge is 2.18. The van der Waals surface area contributed by atoms with Crippen LogP contribution in [0.1, 0.15) is 27.6 Å². The molecular weight excluding hydrogens is 466 g/mol. The van der Waals surface area contributed by atoms with Gasteiger partial charge >= 0.3 is 5.97 Å². The highest BCUT2D eigenvalue weighted by molar-refractivity contribution is 7.89. The van der Waals surface area contributed by atoms with Gasteiger partial charge in [0.25, 0.3) is 5.91 Å². The molecule has 3 aromatic rings. The van der Waals surface area contributed by atoms with Gasteiger partial charge in [0.15, 0.2) is 4.80 Å². The summed E-state index contributed by atoms with van der Waals surface area (Å²) in [6, 6.07) is 10.8. The molecule has 9 nitrogen and oxygen atoms in total. The molecule has 0 saturated carbocycles. The summed E-state index contributed by atoms with van der Waals surface area (Å²) in [5.74, 6) is -0.956. The first-order chi connectivity index (χ1) is 15.7. The van der Waals surface area contributed by atoms with E-state index in [2.05, 4.69) is 4.99 Å². The molecule has 0 saturated heterocycles. The molecule has 0 fully saturated rings. The maximum atomic E-state index is 12.9. The van der Waals surface area contributed by atoms with Crippen molar-refractivity contribution in [2.45, 2.75) is 18.4 Å². The van der Waals surface area contributed by atoms with Crippen LogP contribution < -0.4 is 4.80 Å². The zero-order valence-corrected chi connectivity index (χ0v) is 20.4. The Labute approximate surface area is 195 Å². The van der Waals surface area contributed by atoms with E-state index in [-0.39, 0.29) is 10.5 Å². The topological polar surface area (TPSA) is 107 Å². The van der Waals surface area contributed by atoms with E-state index in [1.165, 1.54) is 56.8 Å². The lowest BCUT2D eigenvalue weighted by Gasteiger charge is -2.11. The number of nitrogens with zero attached hydrogens (tertiary/aromatic N) is 3. The van der Waals surface area contributed by atoms with Gasteiger partial charge in [-0.1, -0.05) is 11.3 Å². The van der Waals surface area contributed by atoms with E-state index in [9.17, 15) is 18.0 Å². The highest BCUT2D eigenvalue weighted by atomic mass is 32.2. The molecule has 0 bridgehead atoms. The number of fused-ring (bicyclic) bond motifs is 1. The van der Waals surface area contributed by atoms with Crippen LogP contribution in [0.5, 0.6) is 0 Å². The van der Waals surface area contributed by atoms with Crippen molar-refractivity contribution in [3.05, 3.63) is 58.4 Å². The quantitative estimate of drug-likeness (QED) is 0.354. The predicted octanol–water partition coefficient (Wildman–Crippen LogP) is 2.52. The van der Waals surface area contributed by atoms with Crippen LogP contribution in [-0.2, 0) is 26.0 Å². The van der Waals surface area contributed by atoms with Gasteiger partial charge < -0.3 is 14.0 Å². The number of hydrogen-bond acceptors (Lipinski definition) is 7. The van der Waals surface area contributed by atoms with E-state index in [0.29, 0.717) is 30.1 Å². The van der Waals surface area contributed by atoms with Gasteiger partial charge in [0, 0.05) is 32.8 Å². The van der Waals surface area contributed by atoms with Crippen LogP contribution in [-0.4, -0.2) is 63.6 Å². The maximum absolute atomic E-state index is 12.9. The Kier molecular flexibility index (Phi) is 7.80. The zero-order valence-electron chi connectivity index (χ0n) is 18.8. The molecule has 0 unspecified atom stereocenters. The smallest absolute Gasteiger partial charge is 0.337 e. The molecule has 0 radical (unpaired) electrons. The predicted molar refractivity (Wildman–Crippen MR) is 125 cm³/mol. The fraction of sp³-hybridized carbons (Fsp3) is 0.318. The normalized spacial score (nSPS) is 12.5. The van der Waals surface area contributed by atoms with Crippen molar-refractivity contribution in [3.63, 3.8) is 0 Å². The van der Waals surface area contributed by atoms with E-state index in [1.807, 2.05) is 11.5 Å². The molecule has 33 heavy (non-hydrogen) atoms. The van der Waals surface area contributed by atoms with Gasteiger partial charge in [-0.2, -0.15) is 4.99 Å². The van der Waals surface area contributed by atoms with Crippen LogP contribution in [0.15, 0.2) is 52.4 Å². The lowest BCUT2D eigenvalue weighted by atomic mass is 10.2. The number of aromatic nitrogens is 1. The molecule has 176 valence electrons. The molecule has 0 spiro atoms. The Bertz CT molecular complexity index is 1340. The first kappa shape index (κ1) is 24.8. The molecule has 1 amide bonds. The van der Waals surface area contributed by atoms with E-state index in [1.54, 1.807) is 18.2 Å². The monoisotopic (exact) mass is 491 g/mol.